The summed E-state index contributed by atoms with van der Waals surface area (Å²) in [6.07, 6.45) is -4.50. The molecule has 1 heterocycles. The first-order valence-electron chi connectivity index (χ1n) is 5.83. The highest BCUT2D eigenvalue weighted by Crippen LogP contribution is 2.35. The Balaban J connectivity index is 2.32. The van der Waals surface area contributed by atoms with E-state index in [0.29, 0.717) is 5.56 Å². The van der Waals surface area contributed by atoms with Gasteiger partial charge in [-0.2, -0.15) is 13.2 Å². The van der Waals surface area contributed by atoms with Gasteiger partial charge in [0, 0.05) is 10.3 Å². The largest absolute Gasteiger partial charge is 0.418 e. The van der Waals surface area contributed by atoms with E-state index in [1.807, 2.05) is 6.92 Å². The first kappa shape index (κ1) is 14.6. The molecule has 0 aliphatic heterocycles. The van der Waals surface area contributed by atoms with Gasteiger partial charge in [0.1, 0.15) is 0 Å². The Labute approximate surface area is 118 Å². The van der Waals surface area contributed by atoms with Gasteiger partial charge in [-0.15, -0.1) is 11.3 Å². The van der Waals surface area contributed by atoms with Gasteiger partial charge < -0.3 is 5.32 Å². The normalized spacial score (nSPS) is 11.4. The van der Waals surface area contributed by atoms with Gasteiger partial charge in [-0.25, -0.2) is 0 Å². The van der Waals surface area contributed by atoms with E-state index in [1.54, 1.807) is 12.3 Å². The SMILES string of the molecule is Cc1scc(C(=O)Nc2ccccc2C(F)(F)F)c1C. The van der Waals surface area contributed by atoms with Crippen molar-refractivity contribution in [3.8, 4) is 0 Å². The molecule has 1 N–H and O–H groups in total. The van der Waals surface area contributed by atoms with E-state index in [9.17, 15) is 18.0 Å². The predicted octanol–water partition coefficient (Wildman–Crippen LogP) is 4.64. The zero-order valence-electron chi connectivity index (χ0n) is 10.8. The summed E-state index contributed by atoms with van der Waals surface area (Å²) in [5, 5.41) is 3.98. The zero-order chi connectivity index (χ0) is 14.9. The van der Waals surface area contributed by atoms with Crippen LogP contribution in [-0.4, -0.2) is 5.91 Å². The third kappa shape index (κ3) is 2.85. The van der Waals surface area contributed by atoms with Crippen LogP contribution in [0.5, 0.6) is 0 Å². The zero-order valence-corrected chi connectivity index (χ0v) is 11.7. The highest BCUT2D eigenvalue weighted by molar-refractivity contribution is 7.10. The second-order valence-corrected chi connectivity index (χ2v) is 5.41. The van der Waals surface area contributed by atoms with E-state index in [2.05, 4.69) is 5.32 Å². The van der Waals surface area contributed by atoms with Gasteiger partial charge in [0.05, 0.1) is 16.8 Å². The molecule has 20 heavy (non-hydrogen) atoms. The Bertz CT molecular complexity index is 646. The molecule has 0 aliphatic carbocycles. The summed E-state index contributed by atoms with van der Waals surface area (Å²) >= 11 is 1.40. The third-order valence-corrected chi connectivity index (χ3v) is 4.02. The lowest BCUT2D eigenvalue weighted by molar-refractivity contribution is -0.136. The Hall–Kier alpha value is -1.82. The number of alkyl halides is 3. The quantitative estimate of drug-likeness (QED) is 0.860. The molecule has 0 aliphatic rings. The number of thiophene rings is 1. The molecule has 0 saturated carbocycles. The molecule has 0 radical (unpaired) electrons. The molecule has 0 fully saturated rings. The molecular weight excluding hydrogens is 287 g/mol. The molecule has 0 bridgehead atoms. The van der Waals surface area contributed by atoms with Crippen molar-refractivity contribution in [2.75, 3.05) is 5.32 Å². The molecule has 6 heteroatoms. The number of nitrogens with one attached hydrogen (secondary N) is 1. The standard InChI is InChI=1S/C14H12F3NOS/c1-8-9(2)20-7-10(8)13(19)18-12-6-4-3-5-11(12)14(15,16)17/h3-7H,1-2H3,(H,18,19). The number of hydrogen-bond acceptors (Lipinski definition) is 2. The fourth-order valence-corrected chi connectivity index (χ4v) is 2.63. The molecule has 1 amide bonds. The average Bonchev–Trinajstić information content (AvgIpc) is 2.69. The number of hydrogen-bond donors (Lipinski definition) is 1. The highest BCUT2D eigenvalue weighted by Gasteiger charge is 2.33. The van der Waals surface area contributed by atoms with Crippen LogP contribution in [0, 0.1) is 13.8 Å². The summed E-state index contributed by atoms with van der Waals surface area (Å²) in [7, 11) is 0. The second kappa shape index (κ2) is 5.28. The highest BCUT2D eigenvalue weighted by atomic mass is 32.1. The number of carbonyl (C=O) groups is 1. The lowest BCUT2D eigenvalue weighted by Crippen LogP contribution is -2.16. The lowest BCUT2D eigenvalue weighted by atomic mass is 10.1. The predicted molar refractivity (Wildman–Crippen MR) is 73.2 cm³/mol. The molecule has 1 aromatic carbocycles. The molecule has 2 rings (SSSR count). The first-order chi connectivity index (χ1) is 9.30. The van der Waals surface area contributed by atoms with E-state index in [1.165, 1.54) is 29.5 Å². The van der Waals surface area contributed by atoms with Crippen LogP contribution in [-0.2, 0) is 6.18 Å². The Kier molecular flexibility index (Phi) is 3.85. The molecule has 0 saturated heterocycles. The fraction of sp³-hybridized carbons (Fsp3) is 0.214. The number of anilines is 1. The summed E-state index contributed by atoms with van der Waals surface area (Å²) < 4.78 is 38.5. The third-order valence-electron chi connectivity index (χ3n) is 3.01. The van der Waals surface area contributed by atoms with E-state index in [0.717, 1.165) is 16.5 Å². The summed E-state index contributed by atoms with van der Waals surface area (Å²) in [4.78, 5) is 13.0. The Morgan fingerprint density at radius 1 is 1.20 bits per heavy atom. The minimum atomic E-state index is -4.50. The van der Waals surface area contributed by atoms with Gasteiger partial charge in [0.15, 0.2) is 0 Å². The van der Waals surface area contributed by atoms with Crippen LogP contribution < -0.4 is 5.32 Å². The molecular formula is C14H12F3NOS. The minimum absolute atomic E-state index is 0.228. The fourth-order valence-electron chi connectivity index (χ4n) is 1.77. The monoisotopic (exact) mass is 299 g/mol. The molecule has 0 unspecified atom stereocenters. The summed E-state index contributed by atoms with van der Waals surface area (Å²) in [6, 6.07) is 4.94. The average molecular weight is 299 g/mol. The first-order valence-corrected chi connectivity index (χ1v) is 6.71. The van der Waals surface area contributed by atoms with Gasteiger partial charge in [-0.3, -0.25) is 4.79 Å². The van der Waals surface area contributed by atoms with Crippen molar-refractivity contribution in [3.05, 3.63) is 51.2 Å². The van der Waals surface area contributed by atoms with Crippen LogP contribution >= 0.6 is 11.3 Å². The Morgan fingerprint density at radius 3 is 2.40 bits per heavy atom. The van der Waals surface area contributed by atoms with E-state index >= 15 is 0 Å². The van der Waals surface area contributed by atoms with Crippen LogP contribution in [0.2, 0.25) is 0 Å². The Morgan fingerprint density at radius 2 is 1.85 bits per heavy atom. The van der Waals surface area contributed by atoms with Crippen LogP contribution in [0.4, 0.5) is 18.9 Å². The van der Waals surface area contributed by atoms with Gasteiger partial charge in [0.25, 0.3) is 5.91 Å². The minimum Gasteiger partial charge on any atom is -0.321 e. The molecule has 106 valence electrons. The topological polar surface area (TPSA) is 29.1 Å². The maximum absolute atomic E-state index is 12.8. The van der Waals surface area contributed by atoms with Crippen molar-refractivity contribution in [2.45, 2.75) is 20.0 Å². The lowest BCUT2D eigenvalue weighted by Gasteiger charge is -2.13. The molecule has 0 spiro atoms. The number of halogens is 3. The van der Waals surface area contributed by atoms with Gasteiger partial charge in [-0.05, 0) is 31.5 Å². The van der Waals surface area contributed by atoms with E-state index < -0.39 is 17.6 Å². The van der Waals surface area contributed by atoms with Gasteiger partial charge in [-0.1, -0.05) is 12.1 Å². The van der Waals surface area contributed by atoms with Crippen LogP contribution in [0.15, 0.2) is 29.6 Å². The maximum Gasteiger partial charge on any atom is 0.418 e. The summed E-state index contributed by atoms with van der Waals surface area (Å²) in [6.45, 7) is 3.64. The number of benzene rings is 1. The van der Waals surface area contributed by atoms with Crippen molar-refractivity contribution in [1.82, 2.24) is 0 Å². The van der Waals surface area contributed by atoms with Crippen molar-refractivity contribution < 1.29 is 18.0 Å². The van der Waals surface area contributed by atoms with Crippen molar-refractivity contribution in [3.63, 3.8) is 0 Å². The van der Waals surface area contributed by atoms with Crippen molar-refractivity contribution >= 4 is 22.9 Å². The number of carbonyl (C=O) groups excluding carboxylic acids is 1. The summed E-state index contributed by atoms with van der Waals surface area (Å²) in [5.74, 6) is -0.524. The smallest absolute Gasteiger partial charge is 0.321 e. The van der Waals surface area contributed by atoms with Crippen LogP contribution in [0.25, 0.3) is 0 Å². The molecule has 2 aromatic rings. The molecule has 1 aromatic heterocycles. The molecule has 2 nitrogen and oxygen atoms in total. The maximum atomic E-state index is 12.8. The van der Waals surface area contributed by atoms with E-state index in [4.69, 9.17) is 0 Å². The second-order valence-electron chi connectivity index (χ2n) is 4.33. The number of amides is 1. The van der Waals surface area contributed by atoms with Crippen molar-refractivity contribution in [2.24, 2.45) is 0 Å². The number of para-hydroxylation sites is 1. The van der Waals surface area contributed by atoms with Gasteiger partial charge in [0.2, 0.25) is 0 Å². The van der Waals surface area contributed by atoms with Crippen LogP contribution in [0.3, 0.4) is 0 Å². The summed E-state index contributed by atoms with van der Waals surface area (Å²) in [5.41, 5.74) is 0.118. The number of rotatable bonds is 2. The van der Waals surface area contributed by atoms with Crippen LogP contribution in [0.1, 0.15) is 26.4 Å². The van der Waals surface area contributed by atoms with E-state index in [-0.39, 0.29) is 5.69 Å². The molecule has 0 atom stereocenters. The van der Waals surface area contributed by atoms with Gasteiger partial charge >= 0.3 is 6.18 Å². The van der Waals surface area contributed by atoms with Crippen molar-refractivity contribution in [1.29, 1.82) is 0 Å². The number of aryl methyl sites for hydroxylation is 1.